The van der Waals surface area contributed by atoms with Crippen LogP contribution in [0.25, 0.3) is 0 Å². The molecule has 174 valence electrons. The van der Waals surface area contributed by atoms with Crippen LogP contribution in [-0.4, -0.2) is 50.9 Å². The summed E-state index contributed by atoms with van der Waals surface area (Å²) in [5.74, 6) is 4.31. The third kappa shape index (κ3) is 6.77. The fourth-order valence-corrected chi connectivity index (χ4v) is 3.71. The van der Waals surface area contributed by atoms with Crippen molar-refractivity contribution in [1.82, 2.24) is 15.4 Å². The van der Waals surface area contributed by atoms with Crippen molar-refractivity contribution in [2.24, 2.45) is 10.8 Å². The number of nitrogens with one attached hydrogen (secondary N) is 1. The van der Waals surface area contributed by atoms with E-state index in [0.717, 1.165) is 4.31 Å². The normalized spacial score (nSPS) is 11.4. The van der Waals surface area contributed by atoms with Crippen LogP contribution >= 0.6 is 11.6 Å². The number of aryl methyl sites for hydroxylation is 1. The van der Waals surface area contributed by atoms with E-state index in [-0.39, 0.29) is 23.9 Å². The van der Waals surface area contributed by atoms with Crippen molar-refractivity contribution in [3.8, 4) is 11.6 Å². The number of ether oxygens (including phenoxy) is 2. The number of anilines is 1. The fraction of sp³-hybridized carbons (Fsp3) is 0.368. The highest BCUT2D eigenvalue weighted by Crippen LogP contribution is 2.31. The Morgan fingerprint density at radius 3 is 2.59 bits per heavy atom. The van der Waals surface area contributed by atoms with Crippen LogP contribution in [0.15, 0.2) is 34.4 Å². The van der Waals surface area contributed by atoms with Crippen LogP contribution in [0.5, 0.6) is 11.6 Å². The maximum absolute atomic E-state index is 13.1. The van der Waals surface area contributed by atoms with E-state index >= 15 is 0 Å². The number of hydrazine groups is 1. The summed E-state index contributed by atoms with van der Waals surface area (Å²) < 4.78 is 38.0. The number of carbonyl (C=O) groups excluding carboxylic acids is 1. The van der Waals surface area contributed by atoms with E-state index in [2.05, 4.69) is 20.4 Å². The van der Waals surface area contributed by atoms with E-state index in [1.807, 2.05) is 0 Å². The number of carbonyl (C=O) groups is 1. The van der Waals surface area contributed by atoms with Crippen LogP contribution in [0.3, 0.4) is 0 Å². The molecule has 0 spiro atoms. The summed E-state index contributed by atoms with van der Waals surface area (Å²) in [4.78, 5) is 23.6. The van der Waals surface area contributed by atoms with Crippen molar-refractivity contribution in [2.45, 2.75) is 31.8 Å². The highest BCUT2D eigenvalue weighted by atomic mass is 35.5. The maximum atomic E-state index is 13.1. The number of rotatable bonds is 11. The monoisotopic (exact) mass is 484 g/mol. The molecule has 1 heterocycles. The minimum Gasteiger partial charge on any atom is -0.475 e. The SMILES string of the molecule is CC(=O)Oc1c(C)nc(S(=O)(=O)N(C)c2ccc(Cl)cc2)nc1OCCCCN=CNN. The summed E-state index contributed by atoms with van der Waals surface area (Å²) in [7, 11) is -2.76. The molecule has 0 fully saturated rings. The minimum atomic E-state index is -4.13. The van der Waals surface area contributed by atoms with Crippen LogP contribution in [0, 0.1) is 6.92 Å². The van der Waals surface area contributed by atoms with Crippen molar-refractivity contribution in [3.63, 3.8) is 0 Å². The maximum Gasteiger partial charge on any atom is 0.308 e. The number of nitrogens with two attached hydrogens (primary N) is 1. The Labute approximate surface area is 191 Å². The Morgan fingerprint density at radius 2 is 1.97 bits per heavy atom. The van der Waals surface area contributed by atoms with Crippen LogP contribution in [0.2, 0.25) is 5.02 Å². The van der Waals surface area contributed by atoms with E-state index in [1.54, 1.807) is 24.3 Å². The third-order valence-electron chi connectivity index (χ3n) is 4.10. The summed E-state index contributed by atoms with van der Waals surface area (Å²) in [6.07, 6.45) is 2.66. The number of benzene rings is 1. The van der Waals surface area contributed by atoms with Gasteiger partial charge < -0.3 is 14.9 Å². The van der Waals surface area contributed by atoms with Crippen molar-refractivity contribution in [2.75, 3.05) is 24.5 Å². The molecule has 0 aliphatic carbocycles. The quantitative estimate of drug-likeness (QED) is 0.0925. The van der Waals surface area contributed by atoms with Gasteiger partial charge in [-0.15, -0.1) is 0 Å². The molecule has 0 atom stereocenters. The smallest absolute Gasteiger partial charge is 0.308 e. The standard InChI is InChI=1S/C19H25ClN6O5S/c1-13-17(31-14(2)27)18(30-11-5-4-10-22-12-23-21)25-19(24-13)32(28,29)26(3)16-8-6-15(20)7-9-16/h6-9,12H,4-5,10-11,21H2,1-3H3,(H,22,23). The third-order valence-corrected chi connectivity index (χ3v) is 5.92. The van der Waals surface area contributed by atoms with Gasteiger partial charge in [0.2, 0.25) is 5.75 Å². The average molecular weight is 485 g/mol. The van der Waals surface area contributed by atoms with Crippen molar-refractivity contribution >= 4 is 39.6 Å². The first-order valence-corrected chi connectivity index (χ1v) is 11.4. The predicted molar refractivity (Wildman–Crippen MR) is 121 cm³/mol. The van der Waals surface area contributed by atoms with Gasteiger partial charge in [-0.05, 0) is 44.0 Å². The zero-order chi connectivity index (χ0) is 23.7. The van der Waals surface area contributed by atoms with Gasteiger partial charge >= 0.3 is 5.97 Å². The van der Waals surface area contributed by atoms with Gasteiger partial charge in [-0.1, -0.05) is 11.6 Å². The molecule has 1 aromatic carbocycles. The molecule has 0 radical (unpaired) electrons. The number of hydrogen-bond donors (Lipinski definition) is 2. The lowest BCUT2D eigenvalue weighted by Crippen LogP contribution is -2.28. The zero-order valence-electron chi connectivity index (χ0n) is 17.9. The van der Waals surface area contributed by atoms with Crippen molar-refractivity contribution in [3.05, 3.63) is 35.0 Å². The summed E-state index contributed by atoms with van der Waals surface area (Å²) in [5.41, 5.74) is 2.82. The number of halogens is 1. The topological polar surface area (TPSA) is 149 Å². The number of sulfonamides is 1. The van der Waals surface area contributed by atoms with Gasteiger partial charge in [-0.2, -0.15) is 13.4 Å². The van der Waals surface area contributed by atoms with Crippen molar-refractivity contribution < 1.29 is 22.7 Å². The molecule has 11 nitrogen and oxygen atoms in total. The summed E-state index contributed by atoms with van der Waals surface area (Å²) in [5, 5.41) is -0.0185. The molecule has 0 unspecified atom stereocenters. The molecular weight excluding hydrogens is 460 g/mol. The Bertz CT molecular complexity index is 1060. The molecule has 2 aromatic rings. The van der Waals surface area contributed by atoms with Gasteiger partial charge in [-0.3, -0.25) is 14.1 Å². The van der Waals surface area contributed by atoms with E-state index in [0.29, 0.717) is 30.1 Å². The second kappa shape index (κ2) is 11.6. The van der Waals surface area contributed by atoms with Gasteiger partial charge in [0.1, 0.15) is 0 Å². The van der Waals surface area contributed by atoms with Gasteiger partial charge in [0.25, 0.3) is 21.1 Å². The van der Waals surface area contributed by atoms with E-state index in [9.17, 15) is 13.2 Å². The lowest BCUT2D eigenvalue weighted by molar-refractivity contribution is -0.132. The Morgan fingerprint density at radius 1 is 1.28 bits per heavy atom. The number of nitrogens with zero attached hydrogens (tertiary/aromatic N) is 4. The molecule has 32 heavy (non-hydrogen) atoms. The predicted octanol–water partition coefficient (Wildman–Crippen LogP) is 1.84. The van der Waals surface area contributed by atoms with Gasteiger partial charge in [0.15, 0.2) is 0 Å². The van der Waals surface area contributed by atoms with Crippen LogP contribution < -0.4 is 25.0 Å². The average Bonchev–Trinajstić information content (AvgIpc) is 2.74. The highest BCUT2D eigenvalue weighted by Gasteiger charge is 2.28. The molecule has 0 amide bonds. The first kappa shape index (κ1) is 25.3. The number of esters is 1. The summed E-state index contributed by atoms with van der Waals surface area (Å²) >= 11 is 5.88. The lowest BCUT2D eigenvalue weighted by atomic mass is 10.3. The van der Waals surface area contributed by atoms with Crippen LogP contribution in [0.4, 0.5) is 5.69 Å². The number of unbranched alkanes of at least 4 members (excludes halogenated alkanes) is 1. The lowest BCUT2D eigenvalue weighted by Gasteiger charge is -2.20. The Balaban J connectivity index is 2.29. The van der Waals surface area contributed by atoms with E-state index in [1.165, 1.54) is 27.2 Å². The Kier molecular flexibility index (Phi) is 9.17. The molecule has 0 aliphatic heterocycles. The van der Waals surface area contributed by atoms with E-state index in [4.69, 9.17) is 26.9 Å². The summed E-state index contributed by atoms with van der Waals surface area (Å²) in [6.45, 7) is 3.44. The highest BCUT2D eigenvalue weighted by molar-refractivity contribution is 7.92. The molecule has 0 aliphatic rings. The summed E-state index contributed by atoms with van der Waals surface area (Å²) in [6, 6.07) is 6.25. The zero-order valence-corrected chi connectivity index (χ0v) is 19.5. The first-order valence-electron chi connectivity index (χ1n) is 9.55. The molecular formula is C19H25ClN6O5S. The van der Waals surface area contributed by atoms with Gasteiger partial charge in [0, 0.05) is 25.5 Å². The molecule has 0 bridgehead atoms. The molecule has 0 saturated carbocycles. The number of aliphatic imine (C=N–C) groups is 1. The van der Waals surface area contributed by atoms with Crippen molar-refractivity contribution in [1.29, 1.82) is 0 Å². The van der Waals surface area contributed by atoms with Gasteiger partial charge in [0.05, 0.1) is 24.3 Å². The molecule has 13 heteroatoms. The minimum absolute atomic E-state index is 0.0315. The molecule has 2 rings (SSSR count). The number of hydrogen-bond acceptors (Lipinski definition) is 9. The van der Waals surface area contributed by atoms with Crippen LogP contribution in [0.1, 0.15) is 25.5 Å². The number of aromatic nitrogens is 2. The fourth-order valence-electron chi connectivity index (χ4n) is 2.49. The van der Waals surface area contributed by atoms with Crippen LogP contribution in [-0.2, 0) is 14.8 Å². The Hall–Kier alpha value is -2.96. The second-order valence-electron chi connectivity index (χ2n) is 6.53. The molecule has 3 N–H and O–H groups in total. The van der Waals surface area contributed by atoms with Gasteiger partial charge in [-0.25, -0.2) is 10.8 Å². The van der Waals surface area contributed by atoms with E-state index < -0.39 is 21.1 Å². The molecule has 0 saturated heterocycles. The first-order chi connectivity index (χ1) is 15.2. The second-order valence-corrected chi connectivity index (χ2v) is 8.83. The largest absolute Gasteiger partial charge is 0.475 e. The molecule has 1 aromatic heterocycles.